The number of amides is 2. The number of hydrogen-bond acceptors (Lipinski definition) is 6. The number of fused-ring (bicyclic) bond motifs is 1. The van der Waals surface area contributed by atoms with Gasteiger partial charge in [-0.2, -0.15) is 0 Å². The lowest BCUT2D eigenvalue weighted by molar-refractivity contribution is 0.159. The molecule has 0 spiro atoms. The molecule has 2 amide bonds. The second-order valence-corrected chi connectivity index (χ2v) is 9.04. The summed E-state index contributed by atoms with van der Waals surface area (Å²) >= 11 is 0. The highest BCUT2D eigenvalue weighted by molar-refractivity contribution is 5.94. The molecule has 198 valence electrons. The molecule has 38 heavy (non-hydrogen) atoms. The van der Waals surface area contributed by atoms with Gasteiger partial charge in [-0.25, -0.2) is 23.5 Å². The Hall–Kier alpha value is -4.09. The van der Waals surface area contributed by atoms with Gasteiger partial charge < -0.3 is 14.8 Å². The van der Waals surface area contributed by atoms with Crippen molar-refractivity contribution in [1.29, 1.82) is 0 Å². The standard InChI is InChI=1S/C27H28F2N6O3/c1-37-13-12-34-15-19(18-8-9-20(28)21(29)14-18)22(16-34)31-27(36)33-24-23(17-6-4-3-5-7-17)32-25-26(38-2)30-10-11-35(24)25/h3-11,14,19,22H,12-13,15-16H2,1-2H3,(H2,31,33,36)/t19-,22+/m0/s1. The predicted molar refractivity (Wildman–Crippen MR) is 138 cm³/mol. The van der Waals surface area contributed by atoms with Crippen LogP contribution in [0.4, 0.5) is 19.4 Å². The normalized spacial score (nSPS) is 17.6. The maximum atomic E-state index is 14.1. The second kappa shape index (κ2) is 11.1. The van der Waals surface area contributed by atoms with Crippen molar-refractivity contribution < 1.29 is 23.0 Å². The molecule has 0 radical (unpaired) electrons. The topological polar surface area (TPSA) is 93.0 Å². The molecular formula is C27H28F2N6O3. The lowest BCUT2D eigenvalue weighted by Crippen LogP contribution is -2.42. The summed E-state index contributed by atoms with van der Waals surface area (Å²) in [6.45, 7) is 2.25. The quantitative estimate of drug-likeness (QED) is 0.365. The monoisotopic (exact) mass is 522 g/mol. The Kier molecular flexibility index (Phi) is 7.47. The summed E-state index contributed by atoms with van der Waals surface area (Å²) in [6, 6.07) is 12.5. The largest absolute Gasteiger partial charge is 0.478 e. The first-order valence-corrected chi connectivity index (χ1v) is 12.2. The molecule has 2 atom stereocenters. The molecule has 2 N–H and O–H groups in total. The van der Waals surface area contributed by atoms with Crippen molar-refractivity contribution in [2.45, 2.75) is 12.0 Å². The number of rotatable bonds is 8. The third-order valence-electron chi connectivity index (χ3n) is 6.68. The van der Waals surface area contributed by atoms with Gasteiger partial charge in [0.15, 0.2) is 11.6 Å². The number of hydrogen-bond donors (Lipinski definition) is 2. The molecule has 1 aliphatic heterocycles. The molecule has 3 heterocycles. The van der Waals surface area contributed by atoms with E-state index in [1.165, 1.54) is 13.2 Å². The van der Waals surface area contributed by atoms with Gasteiger partial charge in [0.05, 0.1) is 19.8 Å². The molecule has 0 unspecified atom stereocenters. The fraction of sp³-hybridized carbons (Fsp3) is 0.296. The number of nitrogens with one attached hydrogen (secondary N) is 2. The van der Waals surface area contributed by atoms with E-state index in [1.54, 1.807) is 30.0 Å². The van der Waals surface area contributed by atoms with Crippen LogP contribution in [0.25, 0.3) is 16.9 Å². The number of imidazole rings is 1. The van der Waals surface area contributed by atoms with Crippen molar-refractivity contribution in [3.63, 3.8) is 0 Å². The van der Waals surface area contributed by atoms with Crippen LogP contribution in [-0.2, 0) is 4.74 Å². The van der Waals surface area contributed by atoms with Crippen LogP contribution in [0.2, 0.25) is 0 Å². The number of nitrogens with zero attached hydrogens (tertiary/aromatic N) is 4. The number of urea groups is 1. The van der Waals surface area contributed by atoms with Gasteiger partial charge in [0, 0.05) is 50.6 Å². The minimum Gasteiger partial charge on any atom is -0.478 e. The molecular weight excluding hydrogens is 494 g/mol. The van der Waals surface area contributed by atoms with Crippen LogP contribution in [0.15, 0.2) is 60.9 Å². The Morgan fingerprint density at radius 3 is 2.66 bits per heavy atom. The summed E-state index contributed by atoms with van der Waals surface area (Å²) in [4.78, 5) is 24.4. The molecule has 0 saturated carbocycles. The number of aromatic nitrogens is 3. The van der Waals surface area contributed by atoms with Gasteiger partial charge in [-0.15, -0.1) is 0 Å². The van der Waals surface area contributed by atoms with E-state index in [4.69, 9.17) is 14.5 Å². The van der Waals surface area contributed by atoms with Crippen LogP contribution >= 0.6 is 0 Å². The number of benzene rings is 2. The van der Waals surface area contributed by atoms with E-state index in [2.05, 4.69) is 20.5 Å². The van der Waals surface area contributed by atoms with Crippen molar-refractivity contribution in [1.82, 2.24) is 24.6 Å². The van der Waals surface area contributed by atoms with Gasteiger partial charge in [-0.3, -0.25) is 14.6 Å². The summed E-state index contributed by atoms with van der Waals surface area (Å²) in [7, 11) is 3.13. The Labute approximate surface area is 218 Å². The minimum atomic E-state index is -0.915. The highest BCUT2D eigenvalue weighted by Gasteiger charge is 2.35. The number of halogens is 2. The van der Waals surface area contributed by atoms with Gasteiger partial charge in [0.25, 0.3) is 5.88 Å². The van der Waals surface area contributed by atoms with Gasteiger partial charge in [0.1, 0.15) is 11.5 Å². The molecule has 4 aromatic rings. The highest BCUT2D eigenvalue weighted by Crippen LogP contribution is 2.32. The number of carbonyl (C=O) groups is 1. The fourth-order valence-corrected chi connectivity index (χ4v) is 4.84. The minimum absolute atomic E-state index is 0.243. The van der Waals surface area contributed by atoms with E-state index in [0.29, 0.717) is 54.8 Å². The van der Waals surface area contributed by atoms with Crippen molar-refractivity contribution >= 4 is 17.5 Å². The first-order chi connectivity index (χ1) is 18.5. The third kappa shape index (κ3) is 5.15. The molecule has 9 nitrogen and oxygen atoms in total. The SMILES string of the molecule is COCCN1C[C@@H](NC(=O)Nc2c(-c3ccccc3)nc3c(OC)nccn23)[C@H](c2ccc(F)c(F)c2)C1. The molecule has 1 fully saturated rings. The third-order valence-corrected chi connectivity index (χ3v) is 6.68. The maximum Gasteiger partial charge on any atom is 0.320 e. The summed E-state index contributed by atoms with van der Waals surface area (Å²) in [5, 5.41) is 5.99. The van der Waals surface area contributed by atoms with E-state index >= 15 is 0 Å². The van der Waals surface area contributed by atoms with Crippen molar-refractivity contribution in [2.24, 2.45) is 0 Å². The summed E-state index contributed by atoms with van der Waals surface area (Å²) in [5.41, 5.74) is 2.43. The molecule has 2 aromatic heterocycles. The lowest BCUT2D eigenvalue weighted by Gasteiger charge is -2.21. The Morgan fingerprint density at radius 2 is 1.92 bits per heavy atom. The molecule has 0 aliphatic carbocycles. The smallest absolute Gasteiger partial charge is 0.320 e. The zero-order valence-electron chi connectivity index (χ0n) is 21.0. The molecule has 0 bridgehead atoms. The summed E-state index contributed by atoms with van der Waals surface area (Å²) in [6.07, 6.45) is 3.26. The first kappa shape index (κ1) is 25.6. The van der Waals surface area contributed by atoms with E-state index in [0.717, 1.165) is 11.6 Å². The van der Waals surface area contributed by atoms with Gasteiger partial charge in [-0.05, 0) is 17.7 Å². The number of anilines is 1. The number of carbonyl (C=O) groups excluding carboxylic acids is 1. The summed E-state index contributed by atoms with van der Waals surface area (Å²) < 4.78 is 39.9. The molecule has 1 saturated heterocycles. The van der Waals surface area contributed by atoms with Crippen molar-refractivity contribution in [3.05, 3.63) is 78.1 Å². The maximum absolute atomic E-state index is 14.1. The molecule has 11 heteroatoms. The van der Waals surface area contributed by atoms with E-state index in [1.807, 2.05) is 30.3 Å². The van der Waals surface area contributed by atoms with Crippen LogP contribution in [0.3, 0.4) is 0 Å². The van der Waals surface area contributed by atoms with Gasteiger partial charge in [0.2, 0.25) is 5.65 Å². The van der Waals surface area contributed by atoms with Crippen molar-refractivity contribution in [2.75, 3.05) is 45.8 Å². The highest BCUT2D eigenvalue weighted by atomic mass is 19.2. The first-order valence-electron chi connectivity index (χ1n) is 12.2. The van der Waals surface area contributed by atoms with Crippen molar-refractivity contribution in [3.8, 4) is 17.1 Å². The molecule has 1 aliphatic rings. The van der Waals surface area contributed by atoms with Gasteiger partial charge >= 0.3 is 6.03 Å². The number of ether oxygens (including phenoxy) is 2. The number of likely N-dealkylation sites (tertiary alicyclic amines) is 1. The van der Waals surface area contributed by atoms with Crippen LogP contribution in [0, 0.1) is 11.6 Å². The van der Waals surface area contributed by atoms with Crippen LogP contribution in [0.5, 0.6) is 5.88 Å². The fourth-order valence-electron chi connectivity index (χ4n) is 4.84. The van der Waals surface area contributed by atoms with Crippen LogP contribution < -0.4 is 15.4 Å². The predicted octanol–water partition coefficient (Wildman–Crippen LogP) is 3.92. The Balaban J connectivity index is 1.43. The molecule has 5 rings (SSSR count). The van der Waals surface area contributed by atoms with Gasteiger partial charge in [-0.1, -0.05) is 36.4 Å². The van der Waals surface area contributed by atoms with E-state index in [9.17, 15) is 13.6 Å². The average Bonchev–Trinajstić information content (AvgIpc) is 3.50. The average molecular weight is 523 g/mol. The zero-order valence-corrected chi connectivity index (χ0v) is 21.0. The van der Waals surface area contributed by atoms with E-state index in [-0.39, 0.29) is 12.0 Å². The second-order valence-electron chi connectivity index (χ2n) is 9.04. The zero-order chi connectivity index (χ0) is 26.6. The molecule has 2 aromatic carbocycles. The number of methoxy groups -OCH3 is 2. The Bertz CT molecular complexity index is 1430. The van der Waals surface area contributed by atoms with E-state index < -0.39 is 17.7 Å². The van der Waals surface area contributed by atoms with Crippen LogP contribution in [-0.4, -0.2) is 71.8 Å². The lowest BCUT2D eigenvalue weighted by atomic mass is 9.94. The summed E-state index contributed by atoms with van der Waals surface area (Å²) in [5.74, 6) is -1.30. The van der Waals surface area contributed by atoms with Crippen LogP contribution in [0.1, 0.15) is 11.5 Å². The Morgan fingerprint density at radius 1 is 1.11 bits per heavy atom.